The Morgan fingerprint density at radius 1 is 0.300 bits per heavy atom. The van der Waals surface area contributed by atoms with E-state index in [1.807, 2.05) is 0 Å². The molecule has 12 nitrogen and oxygen atoms in total. The topological polar surface area (TPSA) is 241 Å². The van der Waals surface area contributed by atoms with Gasteiger partial charge in [-0.3, -0.25) is 0 Å². The average Bonchev–Trinajstić information content (AvgIpc) is 2.08. The van der Waals surface area contributed by atoms with Crippen LogP contribution in [0.25, 0.3) is 0 Å². The summed E-state index contributed by atoms with van der Waals surface area (Å²) in [6, 6.07) is 0. The number of hydrogen-bond donors (Lipinski definition) is 0. The summed E-state index contributed by atoms with van der Waals surface area (Å²) in [4.78, 5) is 0. The van der Waals surface area contributed by atoms with Gasteiger partial charge in [0.05, 0.1) is 0 Å². The zero-order valence-corrected chi connectivity index (χ0v) is 28.8. The molecule has 0 heterocycles. The van der Waals surface area contributed by atoms with Gasteiger partial charge >= 0.3 is 273 Å². The molecule has 0 saturated carbocycles. The zero-order valence-electron chi connectivity index (χ0n) is 16.2. The summed E-state index contributed by atoms with van der Waals surface area (Å²) in [5.41, 5.74) is 0. The third kappa shape index (κ3) is 1320. The van der Waals surface area contributed by atoms with Gasteiger partial charge in [0.25, 0.3) is 0 Å². The summed E-state index contributed by atoms with van der Waals surface area (Å²) < 4.78 is 162. The Bertz CT molecular complexity index is 289. The van der Waals surface area contributed by atoms with Crippen LogP contribution >= 0.6 is 0 Å². The molecule has 6 atom stereocenters. The Morgan fingerprint density at radius 3 is 0.300 bits per heavy atom. The molecular weight excluding hydrogens is 797 g/mol. The Morgan fingerprint density at radius 2 is 0.300 bits per heavy atom. The van der Waals surface area contributed by atoms with E-state index in [9.17, 15) is 20.8 Å². The van der Waals surface area contributed by atoms with E-state index < -0.39 is 92.4 Å². The summed E-state index contributed by atoms with van der Waals surface area (Å²) in [7, 11) is 0. The van der Waals surface area contributed by atoms with E-state index in [2.05, 4.69) is 0 Å². The van der Waals surface area contributed by atoms with Crippen LogP contribution in [0.2, 0.25) is 0 Å². The van der Waals surface area contributed by atoms with Crippen molar-refractivity contribution in [3.63, 3.8) is 0 Å². The van der Waals surface area contributed by atoms with Crippen molar-refractivity contribution in [1.82, 2.24) is 0 Å². The van der Waals surface area contributed by atoms with E-state index >= 15 is 0 Å². The molecule has 0 aromatic carbocycles. The van der Waals surface area contributed by atoms with Crippen molar-refractivity contribution in [3.8, 4) is 0 Å². The molecule has 0 aliphatic rings. The van der Waals surface area contributed by atoms with E-state index in [0.29, 0.717) is 0 Å². The molecule has 0 radical (unpaired) electrons. The van der Waals surface area contributed by atoms with Crippen molar-refractivity contribution in [2.24, 2.45) is 0 Å². The van der Waals surface area contributed by atoms with Crippen LogP contribution in [0.1, 0.15) is 0 Å². The van der Waals surface area contributed by atoms with Gasteiger partial charge in [-0.15, -0.1) is 0 Å². The van der Waals surface area contributed by atoms with E-state index in [-0.39, 0.29) is 113 Å². The Kier molecular flexibility index (Phi) is 178. The first-order valence-electron chi connectivity index (χ1n) is 3.58. The summed E-state index contributed by atoms with van der Waals surface area (Å²) >= 11 is -26.0. The molecule has 0 N–H and O–H groups in total. The van der Waals surface area contributed by atoms with E-state index in [1.54, 1.807) is 0 Å². The summed E-state index contributed by atoms with van der Waals surface area (Å²) in [6.45, 7) is 0. The third-order valence-corrected chi connectivity index (χ3v) is 0. The van der Waals surface area contributed by atoms with Gasteiger partial charge in [-0.05, 0) is 0 Å². The van der Waals surface area contributed by atoms with Gasteiger partial charge in [-0.25, -0.2) is 0 Å². The maximum atomic E-state index is 10.1. The van der Waals surface area contributed by atoms with Crippen LogP contribution in [0.5, 0.6) is 0 Å². The predicted octanol–water partition coefficient (Wildman–Crippen LogP) is -27.2. The van der Waals surface area contributed by atoms with Gasteiger partial charge in [0, 0.05) is 0 Å². The van der Waals surface area contributed by atoms with Crippen molar-refractivity contribution in [2.45, 2.75) is 0 Å². The predicted molar refractivity (Wildman–Crippen MR) is 53.7 cm³/mol. The SMILES string of the molecule is O=[AsH]([O-])F.O=[AsH]([O-])F.O=[AsH]([O-])F.O=[AsH]([O-])F.O=[AsH]([O-])F.O=[AsH]([O-])F.[Li+].[Li+].[Li+].[Li+].[Li+].[Li+]. The fourth-order valence-electron chi connectivity index (χ4n) is 0. The molecule has 0 aromatic rings. The van der Waals surface area contributed by atoms with Gasteiger partial charge in [0.15, 0.2) is 0 Å². The quantitative estimate of drug-likeness (QED) is 0.164. The Hall–Kier alpha value is 5.08. The molecule has 30 heavy (non-hydrogen) atoms. The number of rotatable bonds is 0. The van der Waals surface area contributed by atoms with Crippen molar-refractivity contribution in [2.75, 3.05) is 0 Å². The molecule has 30 heteroatoms. The molecule has 156 valence electrons. The van der Waals surface area contributed by atoms with Crippen molar-refractivity contribution >= 4 is 92.4 Å². The molecule has 0 amide bonds. The fourth-order valence-corrected chi connectivity index (χ4v) is 0. The Labute approximate surface area is 268 Å². The molecule has 0 rings (SSSR count). The average molecular weight is 803 g/mol. The minimum absolute atomic E-state index is 0. The number of hydrogen-bond acceptors (Lipinski definition) is 12. The maximum Gasteiger partial charge on any atom is 1.00 e. The number of halogens is 6. The minimum atomic E-state index is -4.33. The third-order valence-electron chi connectivity index (χ3n) is 0. The summed E-state index contributed by atoms with van der Waals surface area (Å²) in [5, 5.41) is 0. The van der Waals surface area contributed by atoms with Crippen LogP contribution in [0.3, 0.4) is 0 Å². The molecule has 6 unspecified atom stereocenters. The fraction of sp³-hybridized carbons (Fsp3) is 0. The molecule has 0 aromatic heterocycles. The van der Waals surface area contributed by atoms with Gasteiger partial charge in [0.2, 0.25) is 0 Å². The van der Waals surface area contributed by atoms with Gasteiger partial charge in [0.1, 0.15) is 0 Å². The van der Waals surface area contributed by atoms with Crippen molar-refractivity contribution in [1.29, 1.82) is 0 Å². The molecule has 0 saturated heterocycles. The summed E-state index contributed by atoms with van der Waals surface area (Å²) in [5.74, 6) is 0. The first kappa shape index (κ1) is 76.5. The maximum absolute atomic E-state index is 10.1. The van der Waals surface area contributed by atoms with Crippen LogP contribution in [0.4, 0.5) is 20.8 Å². The van der Waals surface area contributed by atoms with E-state index in [1.165, 1.54) is 0 Å². The second-order valence-corrected chi connectivity index (χ2v) is 7.41. The molecule has 0 spiro atoms. The van der Waals surface area contributed by atoms with Crippen LogP contribution < -0.4 is 138 Å². The Balaban J connectivity index is -0.0000000125. The summed E-state index contributed by atoms with van der Waals surface area (Å²) in [6.07, 6.45) is 0. The smallest absolute Gasteiger partial charge is 1.00 e. The monoisotopic (exact) mass is 804 g/mol. The molecule has 0 bridgehead atoms. The second kappa shape index (κ2) is 70.0. The van der Waals surface area contributed by atoms with Gasteiger partial charge in [-0.2, -0.15) is 0 Å². The molecule has 0 aliphatic heterocycles. The normalized spacial score (nSPS) is 12.4. The van der Waals surface area contributed by atoms with Crippen molar-refractivity contribution < 1.29 is 181 Å². The van der Waals surface area contributed by atoms with Crippen LogP contribution in [-0.4, -0.2) is 92.4 Å². The van der Waals surface area contributed by atoms with Gasteiger partial charge in [-0.1, -0.05) is 0 Å². The van der Waals surface area contributed by atoms with E-state index in [0.717, 1.165) is 0 Å². The molecular formula is H6As6F6Li6O12. The first-order chi connectivity index (χ1) is 10.4. The van der Waals surface area contributed by atoms with Crippen LogP contribution in [-0.2, 0) is 22.4 Å². The minimum Gasteiger partial charge on any atom is 1.00 e. The van der Waals surface area contributed by atoms with E-state index in [4.69, 9.17) is 47.0 Å². The largest absolute Gasteiger partial charge is 1.00 e. The van der Waals surface area contributed by atoms with Crippen LogP contribution in [0.15, 0.2) is 0 Å². The zero-order chi connectivity index (χ0) is 21.5. The second-order valence-electron chi connectivity index (χ2n) is 1.43. The molecule has 0 fully saturated rings. The van der Waals surface area contributed by atoms with Crippen molar-refractivity contribution in [3.05, 3.63) is 0 Å². The standard InChI is InChI=1S/6AsFH2O2.6Li/c6*2-1(3)4;;;;;;/h6*1H,(H,3,4);;;;;;/q;;;;;;6*+1/p-6. The van der Waals surface area contributed by atoms with Crippen LogP contribution in [0, 0.1) is 0 Å². The first-order valence-corrected chi connectivity index (χ1v) is 18.6. The molecule has 0 aliphatic carbocycles. The van der Waals surface area contributed by atoms with Gasteiger partial charge < -0.3 is 0 Å².